The average molecular weight is 516 g/mol. The fourth-order valence-corrected chi connectivity index (χ4v) is 5.42. The molecule has 3 aliphatic rings. The third-order valence-corrected chi connectivity index (χ3v) is 7.27. The van der Waals surface area contributed by atoms with Gasteiger partial charge in [-0.2, -0.15) is 0 Å². The molecule has 5 aromatic rings. The summed E-state index contributed by atoms with van der Waals surface area (Å²) in [6.45, 7) is 0.379. The molecule has 1 atom stereocenters. The molecular formula is C32H21NO6. The van der Waals surface area contributed by atoms with Gasteiger partial charge in [0.1, 0.15) is 11.5 Å². The van der Waals surface area contributed by atoms with E-state index in [2.05, 4.69) is 0 Å². The van der Waals surface area contributed by atoms with Crippen LogP contribution in [0.4, 0.5) is 0 Å². The van der Waals surface area contributed by atoms with Gasteiger partial charge in [0, 0.05) is 22.3 Å². The molecule has 1 aromatic heterocycles. The van der Waals surface area contributed by atoms with Crippen molar-refractivity contribution in [1.82, 2.24) is 4.98 Å². The Labute approximate surface area is 223 Å². The SMILES string of the molecule is Oc1ccccc1-c1cc(-c2ccc3c(c2)OCO3)c2c(n1)-c1ccccc1OC2c1ccc2c(c1)OCO2. The van der Waals surface area contributed by atoms with Crippen LogP contribution >= 0.6 is 0 Å². The number of benzene rings is 4. The van der Waals surface area contributed by atoms with Crippen molar-refractivity contribution in [1.29, 1.82) is 0 Å². The van der Waals surface area contributed by atoms with Gasteiger partial charge >= 0.3 is 0 Å². The molecule has 7 nitrogen and oxygen atoms in total. The van der Waals surface area contributed by atoms with Gasteiger partial charge in [0.15, 0.2) is 29.1 Å². The summed E-state index contributed by atoms with van der Waals surface area (Å²) >= 11 is 0. The molecule has 8 rings (SSSR count). The monoisotopic (exact) mass is 515 g/mol. The maximum absolute atomic E-state index is 10.7. The van der Waals surface area contributed by atoms with Crippen molar-refractivity contribution in [3.8, 4) is 68.1 Å². The van der Waals surface area contributed by atoms with E-state index in [9.17, 15) is 5.11 Å². The minimum absolute atomic E-state index is 0.161. The molecule has 1 unspecified atom stereocenters. The number of hydrogen-bond donors (Lipinski definition) is 1. The highest BCUT2D eigenvalue weighted by atomic mass is 16.7. The first-order chi connectivity index (χ1) is 19.2. The molecule has 0 saturated carbocycles. The Morgan fingerprint density at radius 2 is 1.31 bits per heavy atom. The normalized spacial score (nSPS) is 15.8. The van der Waals surface area contributed by atoms with E-state index in [-0.39, 0.29) is 19.3 Å². The van der Waals surface area contributed by atoms with Gasteiger partial charge in [-0.25, -0.2) is 4.98 Å². The first-order valence-electron chi connectivity index (χ1n) is 12.6. The van der Waals surface area contributed by atoms with E-state index in [1.54, 1.807) is 12.1 Å². The van der Waals surface area contributed by atoms with Crippen LogP contribution < -0.4 is 23.7 Å². The van der Waals surface area contributed by atoms with E-state index in [0.29, 0.717) is 34.3 Å². The molecule has 3 aliphatic heterocycles. The van der Waals surface area contributed by atoms with Crippen LogP contribution in [-0.4, -0.2) is 23.7 Å². The third-order valence-electron chi connectivity index (χ3n) is 7.27. The Morgan fingerprint density at radius 3 is 2.13 bits per heavy atom. The summed E-state index contributed by atoms with van der Waals surface area (Å²) in [6.07, 6.45) is -0.476. The molecule has 0 aliphatic carbocycles. The van der Waals surface area contributed by atoms with Gasteiger partial charge in [-0.15, -0.1) is 0 Å². The van der Waals surface area contributed by atoms with Crippen LogP contribution in [0.3, 0.4) is 0 Å². The summed E-state index contributed by atoms with van der Waals surface area (Å²) in [6, 6.07) is 28.9. The summed E-state index contributed by atoms with van der Waals surface area (Å²) in [5, 5.41) is 10.7. The highest BCUT2D eigenvalue weighted by Gasteiger charge is 2.34. The van der Waals surface area contributed by atoms with Gasteiger partial charge in [-0.3, -0.25) is 0 Å². The molecule has 1 N–H and O–H groups in total. The molecule has 7 heteroatoms. The summed E-state index contributed by atoms with van der Waals surface area (Å²) in [7, 11) is 0. The van der Waals surface area contributed by atoms with Gasteiger partial charge in [0.25, 0.3) is 0 Å². The molecule has 0 amide bonds. The highest BCUT2D eigenvalue weighted by Crippen LogP contribution is 2.51. The average Bonchev–Trinajstić information content (AvgIpc) is 3.65. The van der Waals surface area contributed by atoms with E-state index in [0.717, 1.165) is 39.3 Å². The molecular weight excluding hydrogens is 494 g/mol. The number of hydrogen-bond acceptors (Lipinski definition) is 7. The fraction of sp³-hybridized carbons (Fsp3) is 0.0938. The lowest BCUT2D eigenvalue weighted by molar-refractivity contribution is 0.173. The van der Waals surface area contributed by atoms with Crippen LogP contribution in [0.2, 0.25) is 0 Å². The Kier molecular flexibility index (Phi) is 4.73. The molecule has 39 heavy (non-hydrogen) atoms. The van der Waals surface area contributed by atoms with Crippen molar-refractivity contribution in [3.63, 3.8) is 0 Å². The number of para-hydroxylation sites is 2. The number of aromatic hydroxyl groups is 1. The van der Waals surface area contributed by atoms with Gasteiger partial charge in [0.2, 0.25) is 13.6 Å². The Hall–Kier alpha value is -5.17. The topological polar surface area (TPSA) is 79.3 Å². The zero-order valence-electron chi connectivity index (χ0n) is 20.6. The quantitative estimate of drug-likeness (QED) is 0.285. The second kappa shape index (κ2) is 8.43. The standard InChI is InChI=1S/C32H21NO6/c34-24-7-3-1-5-20(24)23-15-22(18-9-11-26-28(13-18)37-16-35-26)30-31(33-23)21-6-2-4-8-25(21)39-32(30)19-10-12-27-29(14-19)38-17-36-27/h1-15,32,34H,16-17H2. The lowest BCUT2D eigenvalue weighted by atomic mass is 9.86. The predicted molar refractivity (Wildman–Crippen MR) is 143 cm³/mol. The van der Waals surface area contributed by atoms with Crippen molar-refractivity contribution < 1.29 is 28.8 Å². The molecule has 190 valence electrons. The van der Waals surface area contributed by atoms with Crippen LogP contribution in [0.1, 0.15) is 17.2 Å². The molecule has 0 bridgehead atoms. The van der Waals surface area contributed by atoms with E-state index in [1.807, 2.05) is 78.9 Å². The van der Waals surface area contributed by atoms with Crippen LogP contribution in [0.5, 0.6) is 34.5 Å². The van der Waals surface area contributed by atoms with E-state index < -0.39 is 6.10 Å². The molecule has 0 saturated heterocycles. The van der Waals surface area contributed by atoms with Crippen LogP contribution in [0, 0.1) is 0 Å². The first kappa shape index (κ1) is 21.9. The highest BCUT2D eigenvalue weighted by molar-refractivity contribution is 5.86. The number of phenolic OH excluding ortho intramolecular Hbond substituents is 1. The maximum Gasteiger partial charge on any atom is 0.231 e. The van der Waals surface area contributed by atoms with E-state index in [4.69, 9.17) is 28.7 Å². The number of fused-ring (bicyclic) bond motifs is 5. The minimum Gasteiger partial charge on any atom is -0.507 e. The predicted octanol–water partition coefficient (Wildman–Crippen LogP) is 6.73. The number of nitrogens with zero attached hydrogens (tertiary/aromatic N) is 1. The smallest absolute Gasteiger partial charge is 0.231 e. The summed E-state index contributed by atoms with van der Waals surface area (Å²) in [4.78, 5) is 5.14. The Balaban J connectivity index is 1.42. The number of aromatic nitrogens is 1. The van der Waals surface area contributed by atoms with Gasteiger partial charge < -0.3 is 28.8 Å². The lowest BCUT2D eigenvalue weighted by Crippen LogP contribution is -2.18. The second-order valence-electron chi connectivity index (χ2n) is 9.51. The largest absolute Gasteiger partial charge is 0.507 e. The minimum atomic E-state index is -0.476. The Bertz CT molecular complexity index is 1780. The Morgan fingerprint density at radius 1 is 0.615 bits per heavy atom. The number of phenols is 1. The lowest BCUT2D eigenvalue weighted by Gasteiger charge is -2.31. The molecule has 4 heterocycles. The molecule has 0 spiro atoms. The summed E-state index contributed by atoms with van der Waals surface area (Å²) in [5.74, 6) is 3.66. The van der Waals surface area contributed by atoms with Crippen molar-refractivity contribution in [2.24, 2.45) is 0 Å². The van der Waals surface area contributed by atoms with E-state index >= 15 is 0 Å². The van der Waals surface area contributed by atoms with Crippen molar-refractivity contribution in [3.05, 3.63) is 102 Å². The van der Waals surface area contributed by atoms with Gasteiger partial charge in [-0.05, 0) is 65.7 Å². The van der Waals surface area contributed by atoms with Crippen LogP contribution in [0.15, 0.2) is 91.0 Å². The maximum atomic E-state index is 10.7. The second-order valence-corrected chi connectivity index (χ2v) is 9.51. The summed E-state index contributed by atoms with van der Waals surface area (Å²) in [5.41, 5.74) is 6.61. The van der Waals surface area contributed by atoms with E-state index in [1.165, 1.54) is 0 Å². The van der Waals surface area contributed by atoms with Crippen molar-refractivity contribution in [2.75, 3.05) is 13.6 Å². The third kappa shape index (κ3) is 3.47. The van der Waals surface area contributed by atoms with Gasteiger partial charge in [0.05, 0.1) is 11.4 Å². The van der Waals surface area contributed by atoms with Crippen molar-refractivity contribution in [2.45, 2.75) is 6.10 Å². The zero-order chi connectivity index (χ0) is 25.9. The van der Waals surface area contributed by atoms with Crippen molar-refractivity contribution >= 4 is 0 Å². The first-order valence-corrected chi connectivity index (χ1v) is 12.6. The summed E-state index contributed by atoms with van der Waals surface area (Å²) < 4.78 is 29.2. The fourth-order valence-electron chi connectivity index (χ4n) is 5.42. The molecule has 0 radical (unpaired) electrons. The number of rotatable bonds is 3. The zero-order valence-corrected chi connectivity index (χ0v) is 20.6. The molecule has 0 fully saturated rings. The van der Waals surface area contributed by atoms with Crippen LogP contribution in [-0.2, 0) is 0 Å². The number of ether oxygens (including phenoxy) is 5. The number of pyridine rings is 1. The molecule has 4 aromatic carbocycles. The van der Waals surface area contributed by atoms with Gasteiger partial charge in [-0.1, -0.05) is 36.4 Å². The van der Waals surface area contributed by atoms with Crippen LogP contribution in [0.25, 0.3) is 33.6 Å².